The minimum atomic E-state index is 0.239. The Bertz CT molecular complexity index is 745. The molecule has 2 unspecified atom stereocenters. The van der Waals surface area contributed by atoms with Gasteiger partial charge in [0.25, 0.3) is 0 Å². The molecule has 1 aliphatic carbocycles. The van der Waals surface area contributed by atoms with Crippen LogP contribution in [0.4, 0.5) is 0 Å². The van der Waals surface area contributed by atoms with Gasteiger partial charge in [-0.15, -0.1) is 0 Å². The fourth-order valence-electron chi connectivity index (χ4n) is 4.07. The summed E-state index contributed by atoms with van der Waals surface area (Å²) in [5.74, 6) is 0. The van der Waals surface area contributed by atoms with Gasteiger partial charge in [-0.1, -0.05) is 56.3 Å². The Morgan fingerprint density at radius 3 is 2.52 bits per heavy atom. The van der Waals surface area contributed by atoms with E-state index in [1.165, 1.54) is 59.2 Å². The maximum atomic E-state index is 4.47. The molecule has 1 aromatic carbocycles. The minimum absolute atomic E-state index is 0.239. The van der Waals surface area contributed by atoms with Crippen molar-refractivity contribution in [3.05, 3.63) is 64.8 Å². The topological polar surface area (TPSA) is 21.9 Å². The van der Waals surface area contributed by atoms with Gasteiger partial charge in [-0.25, -0.2) is 0 Å². The van der Waals surface area contributed by atoms with Crippen LogP contribution in [-0.2, 0) is 0 Å². The molecule has 1 saturated heterocycles. The van der Waals surface area contributed by atoms with Crippen molar-refractivity contribution in [2.24, 2.45) is 5.41 Å². The first-order valence-electron chi connectivity index (χ1n) is 9.69. The second kappa shape index (κ2) is 6.61. The first kappa shape index (κ1) is 18.2. The molecule has 1 aromatic rings. The molecule has 0 saturated carbocycles. The average molecular weight is 336 g/mol. The Morgan fingerprint density at radius 1 is 1.20 bits per heavy atom. The van der Waals surface area contributed by atoms with Crippen LogP contribution in [0.25, 0.3) is 5.57 Å². The summed E-state index contributed by atoms with van der Waals surface area (Å²) in [4.78, 5) is 0. The summed E-state index contributed by atoms with van der Waals surface area (Å²) < 4.78 is 0. The van der Waals surface area contributed by atoms with E-state index in [1.807, 2.05) is 0 Å². The number of benzene rings is 1. The second-order valence-electron chi connectivity index (χ2n) is 8.59. The van der Waals surface area contributed by atoms with Crippen LogP contribution < -0.4 is 5.32 Å². The van der Waals surface area contributed by atoms with E-state index in [-0.39, 0.29) is 5.41 Å². The van der Waals surface area contributed by atoms with Gasteiger partial charge in [-0.05, 0) is 79.7 Å². The summed E-state index contributed by atoms with van der Waals surface area (Å²) >= 11 is 0. The number of hydrogen-bond acceptors (Lipinski definition) is 1. The first-order valence-corrected chi connectivity index (χ1v) is 9.69. The molecule has 0 aromatic heterocycles. The third kappa shape index (κ3) is 3.82. The standard InChI is InChI=1S/C24H33N/c1-7-24(16-25-24)13-12-23(6)11-10-18(3)22(15-23)20(5)21-9-8-17(2)14-19(21)4/h8-10,14-15,25H,5,7,11-13,16H2,1-4,6H3. The number of aryl methyl sites for hydroxylation is 2. The summed E-state index contributed by atoms with van der Waals surface area (Å²) in [6.45, 7) is 17.0. The Morgan fingerprint density at radius 2 is 1.92 bits per heavy atom. The van der Waals surface area contributed by atoms with Crippen LogP contribution >= 0.6 is 0 Å². The van der Waals surface area contributed by atoms with Crippen LogP contribution in [0.3, 0.4) is 0 Å². The molecule has 1 nitrogen and oxygen atoms in total. The molecule has 0 amide bonds. The number of nitrogens with one attached hydrogen (secondary N) is 1. The highest BCUT2D eigenvalue weighted by atomic mass is 15.2. The fraction of sp³-hybridized carbons (Fsp3) is 0.500. The van der Waals surface area contributed by atoms with Gasteiger partial charge in [0.15, 0.2) is 0 Å². The minimum Gasteiger partial charge on any atom is -0.308 e. The zero-order valence-electron chi connectivity index (χ0n) is 16.6. The van der Waals surface area contributed by atoms with Gasteiger partial charge < -0.3 is 5.32 Å². The normalized spacial score (nSPS) is 28.4. The average Bonchev–Trinajstić information content (AvgIpc) is 3.36. The Labute approximate surface area is 153 Å². The van der Waals surface area contributed by atoms with Crippen molar-refractivity contribution in [3.63, 3.8) is 0 Å². The summed E-state index contributed by atoms with van der Waals surface area (Å²) in [7, 11) is 0. The van der Waals surface area contributed by atoms with Crippen LogP contribution in [0.1, 0.15) is 63.1 Å². The lowest BCUT2D eigenvalue weighted by molar-refractivity contribution is 0.347. The molecule has 0 bridgehead atoms. The van der Waals surface area contributed by atoms with E-state index >= 15 is 0 Å². The fourth-order valence-corrected chi connectivity index (χ4v) is 4.07. The van der Waals surface area contributed by atoms with E-state index in [0.29, 0.717) is 5.54 Å². The monoisotopic (exact) mass is 335 g/mol. The van der Waals surface area contributed by atoms with Gasteiger partial charge in [-0.2, -0.15) is 0 Å². The van der Waals surface area contributed by atoms with Crippen LogP contribution in [0.15, 0.2) is 48.1 Å². The summed E-state index contributed by atoms with van der Waals surface area (Å²) in [5.41, 5.74) is 8.46. The van der Waals surface area contributed by atoms with E-state index in [1.54, 1.807) is 0 Å². The van der Waals surface area contributed by atoms with Gasteiger partial charge in [0.1, 0.15) is 0 Å². The highest BCUT2D eigenvalue weighted by Gasteiger charge is 2.41. The Kier molecular flexibility index (Phi) is 4.81. The zero-order valence-corrected chi connectivity index (χ0v) is 16.6. The molecule has 1 N–H and O–H groups in total. The molecule has 3 rings (SSSR count). The van der Waals surface area contributed by atoms with Gasteiger partial charge in [-0.3, -0.25) is 0 Å². The van der Waals surface area contributed by atoms with E-state index in [2.05, 4.69) is 76.9 Å². The van der Waals surface area contributed by atoms with Crippen molar-refractivity contribution < 1.29 is 0 Å². The van der Waals surface area contributed by atoms with E-state index in [9.17, 15) is 0 Å². The maximum absolute atomic E-state index is 4.47. The Hall–Kier alpha value is -1.60. The molecule has 2 atom stereocenters. The van der Waals surface area contributed by atoms with E-state index in [0.717, 1.165) is 6.42 Å². The van der Waals surface area contributed by atoms with Gasteiger partial charge in [0, 0.05) is 12.1 Å². The largest absolute Gasteiger partial charge is 0.308 e. The molecule has 2 aliphatic rings. The van der Waals surface area contributed by atoms with Crippen molar-refractivity contribution in [2.75, 3.05) is 6.54 Å². The number of rotatable bonds is 6. The van der Waals surface area contributed by atoms with Crippen LogP contribution in [0.2, 0.25) is 0 Å². The van der Waals surface area contributed by atoms with Gasteiger partial charge in [0.2, 0.25) is 0 Å². The molecule has 134 valence electrons. The lowest BCUT2D eigenvalue weighted by atomic mass is 9.72. The van der Waals surface area contributed by atoms with Gasteiger partial charge >= 0.3 is 0 Å². The summed E-state index contributed by atoms with van der Waals surface area (Å²) in [5, 5.41) is 3.58. The molecule has 1 fully saturated rings. The smallest absolute Gasteiger partial charge is 0.0304 e. The second-order valence-corrected chi connectivity index (χ2v) is 8.59. The van der Waals surface area contributed by atoms with Crippen molar-refractivity contribution in [1.82, 2.24) is 5.32 Å². The molecule has 1 heterocycles. The lowest BCUT2D eigenvalue weighted by Crippen LogP contribution is -2.22. The SMILES string of the molecule is C=C(C1=CC(C)(CCC2(CC)CN2)CC=C1C)c1ccc(C)cc1C. The van der Waals surface area contributed by atoms with Crippen molar-refractivity contribution in [1.29, 1.82) is 0 Å². The summed E-state index contributed by atoms with van der Waals surface area (Å²) in [6.07, 6.45) is 9.82. The lowest BCUT2D eigenvalue weighted by Gasteiger charge is -2.32. The van der Waals surface area contributed by atoms with E-state index in [4.69, 9.17) is 0 Å². The third-order valence-corrected chi connectivity index (χ3v) is 6.35. The number of hydrogen-bond donors (Lipinski definition) is 1. The van der Waals surface area contributed by atoms with Crippen molar-refractivity contribution in [3.8, 4) is 0 Å². The zero-order chi connectivity index (χ0) is 18.2. The molecular weight excluding hydrogens is 302 g/mol. The number of allylic oxidation sites excluding steroid dienone is 5. The Balaban J connectivity index is 1.83. The van der Waals surface area contributed by atoms with Crippen LogP contribution in [0.5, 0.6) is 0 Å². The van der Waals surface area contributed by atoms with Crippen molar-refractivity contribution >= 4 is 5.57 Å². The molecule has 1 aliphatic heterocycles. The quantitative estimate of drug-likeness (QED) is 0.620. The highest BCUT2D eigenvalue weighted by molar-refractivity contribution is 5.83. The predicted octanol–water partition coefficient (Wildman–Crippen LogP) is 6.13. The molecule has 1 heteroatoms. The van der Waals surface area contributed by atoms with Crippen molar-refractivity contribution in [2.45, 2.75) is 65.8 Å². The summed E-state index contributed by atoms with van der Waals surface area (Å²) in [6, 6.07) is 6.68. The molecule has 0 radical (unpaired) electrons. The molecule has 25 heavy (non-hydrogen) atoms. The molecule has 0 spiro atoms. The first-order chi connectivity index (χ1) is 11.8. The van der Waals surface area contributed by atoms with Crippen LogP contribution in [-0.4, -0.2) is 12.1 Å². The maximum Gasteiger partial charge on any atom is 0.0304 e. The molecular formula is C24H33N. The third-order valence-electron chi connectivity index (χ3n) is 6.35. The predicted molar refractivity (Wildman–Crippen MR) is 110 cm³/mol. The van der Waals surface area contributed by atoms with Gasteiger partial charge in [0.05, 0.1) is 0 Å². The van der Waals surface area contributed by atoms with E-state index < -0.39 is 0 Å². The highest BCUT2D eigenvalue weighted by Crippen LogP contribution is 2.43. The van der Waals surface area contributed by atoms with Crippen LogP contribution in [0, 0.1) is 19.3 Å².